The molecule has 3 N–H and O–H groups in total. The van der Waals surface area contributed by atoms with Gasteiger partial charge < -0.3 is 20.1 Å². The molecule has 0 aromatic heterocycles. The molecule has 0 fully saturated rings. The first-order chi connectivity index (χ1) is 17.9. The Morgan fingerprint density at radius 3 is 2.46 bits per heavy atom. The first-order valence-corrected chi connectivity index (χ1v) is 12.0. The Bertz CT molecular complexity index is 1310. The molecule has 0 aliphatic rings. The van der Waals surface area contributed by atoms with Gasteiger partial charge in [-0.15, -0.1) is 0 Å². The fourth-order valence-corrected chi connectivity index (χ4v) is 3.46. The van der Waals surface area contributed by atoms with E-state index in [0.717, 1.165) is 4.47 Å². The molecule has 0 unspecified atom stereocenters. The van der Waals surface area contributed by atoms with Gasteiger partial charge in [0.2, 0.25) is 0 Å². The number of hydrazone groups is 1. The topological polar surface area (TPSA) is 118 Å². The van der Waals surface area contributed by atoms with Gasteiger partial charge >= 0.3 is 11.8 Å². The highest BCUT2D eigenvalue weighted by Gasteiger charge is 2.18. The van der Waals surface area contributed by atoms with Gasteiger partial charge in [-0.1, -0.05) is 40.7 Å². The Hall–Kier alpha value is -4.44. The number of nitrogens with zero attached hydrogens (tertiary/aromatic N) is 1. The van der Waals surface area contributed by atoms with E-state index >= 15 is 0 Å². The van der Waals surface area contributed by atoms with Gasteiger partial charge in [0, 0.05) is 15.7 Å². The van der Waals surface area contributed by atoms with Crippen LogP contribution in [0.1, 0.15) is 22.8 Å². The second kappa shape index (κ2) is 13.6. The Morgan fingerprint density at radius 1 is 0.973 bits per heavy atom. The van der Waals surface area contributed by atoms with Gasteiger partial charge in [0.1, 0.15) is 18.1 Å². The van der Waals surface area contributed by atoms with Gasteiger partial charge in [-0.3, -0.25) is 14.4 Å². The smallest absolute Gasteiger partial charge is 0.329 e. The summed E-state index contributed by atoms with van der Waals surface area (Å²) in [7, 11) is 0. The molecule has 0 atom stereocenters. The molecule has 3 amide bonds. The van der Waals surface area contributed by atoms with Crippen molar-refractivity contribution in [3.05, 3.63) is 95.0 Å². The van der Waals surface area contributed by atoms with Gasteiger partial charge in [-0.2, -0.15) is 5.10 Å². The van der Waals surface area contributed by atoms with E-state index in [2.05, 4.69) is 43.7 Å². The van der Waals surface area contributed by atoms with E-state index in [0.29, 0.717) is 36.0 Å². The zero-order valence-electron chi connectivity index (χ0n) is 20.0. The highest BCUT2D eigenvalue weighted by Crippen LogP contribution is 2.22. The number of benzene rings is 3. The van der Waals surface area contributed by atoms with Crippen LogP contribution in [0.3, 0.4) is 0 Å². The quantitative estimate of drug-likeness (QED) is 0.142. The van der Waals surface area contributed by atoms with Crippen molar-refractivity contribution in [2.75, 3.05) is 23.8 Å². The van der Waals surface area contributed by atoms with E-state index in [1.165, 1.54) is 18.3 Å². The zero-order valence-corrected chi connectivity index (χ0v) is 21.6. The number of amides is 3. The molecule has 0 saturated heterocycles. The fourth-order valence-electron chi connectivity index (χ4n) is 3.08. The normalized spacial score (nSPS) is 10.4. The third-order valence-electron chi connectivity index (χ3n) is 4.75. The van der Waals surface area contributed by atoms with Crippen molar-refractivity contribution in [2.45, 2.75) is 6.92 Å². The third-order valence-corrected chi connectivity index (χ3v) is 5.24. The first-order valence-electron chi connectivity index (χ1n) is 11.2. The lowest BCUT2D eigenvalue weighted by Gasteiger charge is -2.11. The predicted molar refractivity (Wildman–Crippen MR) is 146 cm³/mol. The minimum absolute atomic E-state index is 0.169. The minimum atomic E-state index is -1.01. The monoisotopic (exact) mass is 564 g/mol. The Morgan fingerprint density at radius 2 is 1.73 bits per heavy atom. The lowest BCUT2D eigenvalue weighted by Crippen LogP contribution is -2.33. The molecule has 0 aliphatic carbocycles. The standard InChI is InChI=1S/C27H25BrN4O5/c1-3-15-37-24-14-9-19(28)16-18(24)17-29-32-27(35)26(34)31-23-8-6-5-7-22(23)25(33)30-20-10-12-21(13-11-20)36-4-2/h3,5-14,16-17H,1,4,15H2,2H3,(H,30,33)(H,31,34)(H,32,35)/b29-17-. The molecule has 3 rings (SSSR count). The molecular formula is C27H25BrN4O5. The molecule has 0 saturated carbocycles. The van der Waals surface area contributed by atoms with Crippen molar-refractivity contribution >= 4 is 51.2 Å². The summed E-state index contributed by atoms with van der Waals surface area (Å²) < 4.78 is 11.7. The van der Waals surface area contributed by atoms with Crippen LogP contribution in [0.2, 0.25) is 0 Å². The molecule has 10 heteroatoms. The number of carbonyl (C=O) groups excluding carboxylic acids is 3. The summed E-state index contributed by atoms with van der Waals surface area (Å²) in [6, 6.07) is 18.5. The van der Waals surface area contributed by atoms with E-state index in [9.17, 15) is 14.4 Å². The maximum absolute atomic E-state index is 12.8. The molecule has 0 radical (unpaired) electrons. The van der Waals surface area contributed by atoms with E-state index in [1.54, 1.807) is 60.7 Å². The van der Waals surface area contributed by atoms with Crippen molar-refractivity contribution in [1.82, 2.24) is 5.43 Å². The summed E-state index contributed by atoms with van der Waals surface area (Å²) >= 11 is 3.37. The van der Waals surface area contributed by atoms with Crippen LogP contribution >= 0.6 is 15.9 Å². The number of ether oxygens (including phenoxy) is 2. The van der Waals surface area contributed by atoms with Gasteiger partial charge in [0.15, 0.2) is 0 Å². The highest BCUT2D eigenvalue weighted by atomic mass is 79.9. The van der Waals surface area contributed by atoms with Crippen LogP contribution in [-0.4, -0.2) is 37.1 Å². The van der Waals surface area contributed by atoms with Gasteiger partial charge in [-0.05, 0) is 61.5 Å². The van der Waals surface area contributed by atoms with Crippen molar-refractivity contribution in [3.63, 3.8) is 0 Å². The summed E-state index contributed by atoms with van der Waals surface area (Å²) in [6.07, 6.45) is 2.96. The number of carbonyl (C=O) groups is 3. The minimum Gasteiger partial charge on any atom is -0.494 e. The van der Waals surface area contributed by atoms with Crippen LogP contribution in [0, 0.1) is 0 Å². The number of anilines is 2. The molecule has 37 heavy (non-hydrogen) atoms. The average Bonchev–Trinajstić information content (AvgIpc) is 2.89. The van der Waals surface area contributed by atoms with E-state index < -0.39 is 17.7 Å². The molecule has 3 aromatic carbocycles. The summed E-state index contributed by atoms with van der Waals surface area (Å²) in [5.74, 6) is -1.25. The number of hydrogen-bond acceptors (Lipinski definition) is 6. The molecular weight excluding hydrogens is 540 g/mol. The highest BCUT2D eigenvalue weighted by molar-refractivity contribution is 9.10. The second-order valence-electron chi connectivity index (χ2n) is 7.39. The van der Waals surface area contributed by atoms with Crippen LogP contribution in [0.25, 0.3) is 0 Å². The van der Waals surface area contributed by atoms with E-state index in [1.807, 2.05) is 6.92 Å². The molecule has 9 nitrogen and oxygen atoms in total. The second-order valence-corrected chi connectivity index (χ2v) is 8.31. The van der Waals surface area contributed by atoms with Gasteiger partial charge in [0.25, 0.3) is 5.91 Å². The van der Waals surface area contributed by atoms with E-state index in [-0.39, 0.29) is 11.3 Å². The summed E-state index contributed by atoms with van der Waals surface area (Å²) in [5, 5.41) is 9.05. The summed E-state index contributed by atoms with van der Waals surface area (Å²) in [6.45, 7) is 6.32. The SMILES string of the molecule is C=CCOc1ccc(Br)cc1/C=N\NC(=O)C(=O)Nc1ccccc1C(=O)Nc1ccc(OCC)cc1. The molecule has 190 valence electrons. The number of halogens is 1. The lowest BCUT2D eigenvalue weighted by molar-refractivity contribution is -0.136. The largest absolute Gasteiger partial charge is 0.494 e. The fraction of sp³-hybridized carbons (Fsp3) is 0.111. The number of para-hydroxylation sites is 1. The molecule has 0 aliphatic heterocycles. The van der Waals surface area contributed by atoms with Crippen LogP contribution in [0.5, 0.6) is 11.5 Å². The van der Waals surface area contributed by atoms with Gasteiger partial charge in [-0.25, -0.2) is 5.43 Å². The van der Waals surface area contributed by atoms with Gasteiger partial charge in [0.05, 0.1) is 24.1 Å². The Kier molecular flexibility index (Phi) is 9.98. The maximum Gasteiger partial charge on any atom is 0.329 e. The predicted octanol–water partition coefficient (Wildman–Crippen LogP) is 4.75. The van der Waals surface area contributed by atoms with E-state index in [4.69, 9.17) is 9.47 Å². The zero-order chi connectivity index (χ0) is 26.6. The van der Waals surface area contributed by atoms with Crippen molar-refractivity contribution in [2.24, 2.45) is 5.10 Å². The van der Waals surface area contributed by atoms with Crippen LogP contribution in [0.4, 0.5) is 11.4 Å². The molecule has 0 heterocycles. The van der Waals surface area contributed by atoms with Crippen molar-refractivity contribution < 1.29 is 23.9 Å². The average molecular weight is 565 g/mol. The van der Waals surface area contributed by atoms with Crippen molar-refractivity contribution in [3.8, 4) is 11.5 Å². The molecule has 0 bridgehead atoms. The van der Waals surface area contributed by atoms with Crippen molar-refractivity contribution in [1.29, 1.82) is 0 Å². The first kappa shape index (κ1) is 27.2. The third kappa shape index (κ3) is 8.04. The number of rotatable bonds is 10. The number of nitrogens with one attached hydrogen (secondary N) is 3. The Labute approximate surface area is 222 Å². The Balaban J connectivity index is 1.63. The number of hydrogen-bond donors (Lipinski definition) is 3. The van der Waals surface area contributed by atoms with Crippen LogP contribution in [-0.2, 0) is 9.59 Å². The summed E-state index contributed by atoms with van der Waals surface area (Å²) in [5.41, 5.74) is 3.65. The van der Waals surface area contributed by atoms with Crippen LogP contribution in [0.15, 0.2) is 89.0 Å². The lowest BCUT2D eigenvalue weighted by atomic mass is 10.1. The van der Waals surface area contributed by atoms with Crippen LogP contribution < -0.4 is 25.5 Å². The summed E-state index contributed by atoms with van der Waals surface area (Å²) in [4.78, 5) is 37.6. The molecule has 0 spiro atoms. The molecule has 3 aromatic rings. The maximum atomic E-state index is 12.8.